The average Bonchev–Trinajstić information content (AvgIpc) is 1.99. The highest BCUT2D eigenvalue weighted by Gasteiger charge is 2.44. The van der Waals surface area contributed by atoms with Gasteiger partial charge in [0.1, 0.15) is 18.3 Å². The molecule has 0 aromatic carbocycles. The first-order chi connectivity index (χ1) is 5.49. The summed E-state index contributed by atoms with van der Waals surface area (Å²) in [6.07, 6.45) is -2.18. The molecule has 0 unspecified atom stereocenters. The van der Waals surface area contributed by atoms with Gasteiger partial charge < -0.3 is 19.7 Å². The predicted molar refractivity (Wildman–Crippen MR) is 42.8 cm³/mol. The fraction of sp³-hybridized carbons (Fsp3) is 1.00. The summed E-state index contributed by atoms with van der Waals surface area (Å²) < 4.78 is 10.4. The molecule has 1 rings (SSSR count). The third-order valence-corrected chi connectivity index (χ3v) is 2.27. The SMILES string of the molecule is CO[C@@H]1[C@@H](O)[C@@H](O)COC1(C)C. The third-order valence-electron chi connectivity index (χ3n) is 2.27. The Morgan fingerprint density at radius 1 is 1.42 bits per heavy atom. The molecule has 0 saturated carbocycles. The highest BCUT2D eigenvalue weighted by atomic mass is 16.6. The highest BCUT2D eigenvalue weighted by Crippen LogP contribution is 2.27. The summed E-state index contributed by atoms with van der Waals surface area (Å²) in [6, 6.07) is 0. The summed E-state index contributed by atoms with van der Waals surface area (Å²) >= 11 is 0. The van der Waals surface area contributed by atoms with Crippen LogP contribution in [-0.4, -0.2) is 47.8 Å². The normalized spacial score (nSPS) is 41.2. The summed E-state index contributed by atoms with van der Waals surface area (Å²) in [6.45, 7) is 3.82. The number of aliphatic hydroxyl groups is 2. The van der Waals surface area contributed by atoms with E-state index in [0.29, 0.717) is 0 Å². The van der Waals surface area contributed by atoms with Crippen LogP contribution in [0.5, 0.6) is 0 Å². The summed E-state index contributed by atoms with van der Waals surface area (Å²) in [5, 5.41) is 18.8. The van der Waals surface area contributed by atoms with Gasteiger partial charge in [-0.1, -0.05) is 0 Å². The van der Waals surface area contributed by atoms with Crippen molar-refractivity contribution in [1.82, 2.24) is 0 Å². The van der Waals surface area contributed by atoms with Gasteiger partial charge in [0.25, 0.3) is 0 Å². The van der Waals surface area contributed by atoms with E-state index in [1.54, 1.807) is 0 Å². The van der Waals surface area contributed by atoms with E-state index in [1.807, 2.05) is 13.8 Å². The summed E-state index contributed by atoms with van der Waals surface area (Å²) in [5.74, 6) is 0. The monoisotopic (exact) mass is 176 g/mol. The molecule has 2 N–H and O–H groups in total. The lowest BCUT2D eigenvalue weighted by molar-refractivity contribution is -0.230. The molecule has 0 aromatic heterocycles. The molecule has 0 aromatic rings. The minimum absolute atomic E-state index is 0.161. The zero-order valence-electron chi connectivity index (χ0n) is 7.65. The zero-order chi connectivity index (χ0) is 9.35. The second-order valence-corrected chi connectivity index (χ2v) is 3.63. The van der Waals surface area contributed by atoms with Gasteiger partial charge in [-0.25, -0.2) is 0 Å². The Labute approximate surface area is 72.1 Å². The lowest BCUT2D eigenvalue weighted by Crippen LogP contribution is -2.58. The van der Waals surface area contributed by atoms with Crippen molar-refractivity contribution < 1.29 is 19.7 Å². The van der Waals surface area contributed by atoms with E-state index >= 15 is 0 Å². The molecule has 1 heterocycles. The highest BCUT2D eigenvalue weighted by molar-refractivity contribution is 4.93. The molecule has 1 aliphatic rings. The van der Waals surface area contributed by atoms with E-state index in [0.717, 1.165) is 0 Å². The van der Waals surface area contributed by atoms with Crippen LogP contribution in [0.25, 0.3) is 0 Å². The van der Waals surface area contributed by atoms with E-state index in [1.165, 1.54) is 7.11 Å². The van der Waals surface area contributed by atoms with Crippen LogP contribution in [0.2, 0.25) is 0 Å². The van der Waals surface area contributed by atoms with Crippen molar-refractivity contribution in [1.29, 1.82) is 0 Å². The van der Waals surface area contributed by atoms with Gasteiger partial charge in [-0.05, 0) is 13.8 Å². The van der Waals surface area contributed by atoms with Gasteiger partial charge in [0.2, 0.25) is 0 Å². The maximum atomic E-state index is 9.52. The summed E-state index contributed by atoms with van der Waals surface area (Å²) in [5.41, 5.74) is -0.534. The Bertz CT molecular complexity index is 157. The molecule has 0 radical (unpaired) electrons. The van der Waals surface area contributed by atoms with Crippen LogP contribution in [0.15, 0.2) is 0 Å². The van der Waals surface area contributed by atoms with Crippen molar-refractivity contribution in [3.63, 3.8) is 0 Å². The molecular weight excluding hydrogens is 160 g/mol. The van der Waals surface area contributed by atoms with E-state index in [9.17, 15) is 10.2 Å². The van der Waals surface area contributed by atoms with E-state index < -0.39 is 23.9 Å². The second kappa shape index (κ2) is 3.30. The Balaban J connectivity index is 2.72. The van der Waals surface area contributed by atoms with E-state index in [-0.39, 0.29) is 6.61 Å². The standard InChI is InChI=1S/C8H16O4/c1-8(2)7(11-3)6(10)5(9)4-12-8/h5-7,9-10H,4H2,1-3H3/t5-,6-,7+/m0/s1. The first-order valence-corrected chi connectivity index (χ1v) is 4.02. The van der Waals surface area contributed by atoms with Crippen molar-refractivity contribution in [3.05, 3.63) is 0 Å². The van der Waals surface area contributed by atoms with Gasteiger partial charge in [0.05, 0.1) is 12.2 Å². The van der Waals surface area contributed by atoms with Crippen LogP contribution in [0, 0.1) is 0 Å². The van der Waals surface area contributed by atoms with Crippen LogP contribution in [0.1, 0.15) is 13.8 Å². The molecule has 1 aliphatic heterocycles. The van der Waals surface area contributed by atoms with Crippen LogP contribution in [0.3, 0.4) is 0 Å². The average molecular weight is 176 g/mol. The molecule has 0 amide bonds. The number of methoxy groups -OCH3 is 1. The Morgan fingerprint density at radius 2 is 2.00 bits per heavy atom. The molecular formula is C8H16O4. The number of ether oxygens (including phenoxy) is 2. The third kappa shape index (κ3) is 1.61. The minimum atomic E-state index is -0.862. The first kappa shape index (κ1) is 9.92. The number of hydrogen-bond donors (Lipinski definition) is 2. The Hall–Kier alpha value is -0.160. The number of aliphatic hydroxyl groups excluding tert-OH is 2. The molecule has 0 aliphatic carbocycles. The van der Waals surface area contributed by atoms with Gasteiger partial charge in [-0.3, -0.25) is 0 Å². The lowest BCUT2D eigenvalue weighted by atomic mass is 9.90. The topological polar surface area (TPSA) is 58.9 Å². The maximum absolute atomic E-state index is 9.52. The molecule has 1 fully saturated rings. The van der Waals surface area contributed by atoms with E-state index in [4.69, 9.17) is 9.47 Å². The Morgan fingerprint density at radius 3 is 2.42 bits per heavy atom. The summed E-state index contributed by atoms with van der Waals surface area (Å²) in [7, 11) is 1.50. The van der Waals surface area contributed by atoms with Crippen molar-refractivity contribution in [2.75, 3.05) is 13.7 Å². The second-order valence-electron chi connectivity index (χ2n) is 3.63. The smallest absolute Gasteiger partial charge is 0.114 e. The fourth-order valence-corrected chi connectivity index (χ4v) is 1.52. The quantitative estimate of drug-likeness (QED) is 0.567. The maximum Gasteiger partial charge on any atom is 0.114 e. The van der Waals surface area contributed by atoms with Gasteiger partial charge in [0, 0.05) is 7.11 Å². The van der Waals surface area contributed by atoms with Gasteiger partial charge in [-0.15, -0.1) is 0 Å². The van der Waals surface area contributed by atoms with E-state index in [2.05, 4.69) is 0 Å². The summed E-state index contributed by atoms with van der Waals surface area (Å²) in [4.78, 5) is 0. The molecule has 4 nitrogen and oxygen atoms in total. The first-order valence-electron chi connectivity index (χ1n) is 4.02. The largest absolute Gasteiger partial charge is 0.388 e. The van der Waals surface area contributed by atoms with Crippen molar-refractivity contribution >= 4 is 0 Å². The molecule has 12 heavy (non-hydrogen) atoms. The van der Waals surface area contributed by atoms with Crippen molar-refractivity contribution in [2.24, 2.45) is 0 Å². The van der Waals surface area contributed by atoms with Crippen LogP contribution in [0.4, 0.5) is 0 Å². The lowest BCUT2D eigenvalue weighted by Gasteiger charge is -2.42. The number of hydrogen-bond acceptors (Lipinski definition) is 4. The van der Waals surface area contributed by atoms with Gasteiger partial charge >= 0.3 is 0 Å². The molecule has 0 bridgehead atoms. The number of rotatable bonds is 1. The molecule has 0 spiro atoms. The van der Waals surface area contributed by atoms with Crippen LogP contribution < -0.4 is 0 Å². The molecule has 4 heteroatoms. The van der Waals surface area contributed by atoms with Crippen molar-refractivity contribution in [3.8, 4) is 0 Å². The molecule has 72 valence electrons. The van der Waals surface area contributed by atoms with Gasteiger partial charge in [0.15, 0.2) is 0 Å². The van der Waals surface area contributed by atoms with Crippen LogP contribution in [-0.2, 0) is 9.47 Å². The predicted octanol–water partition coefficient (Wildman–Crippen LogP) is -0.468. The fourth-order valence-electron chi connectivity index (χ4n) is 1.52. The van der Waals surface area contributed by atoms with Crippen molar-refractivity contribution in [2.45, 2.75) is 37.8 Å². The molecule has 1 saturated heterocycles. The Kier molecular flexibility index (Phi) is 2.73. The zero-order valence-corrected chi connectivity index (χ0v) is 7.65. The van der Waals surface area contributed by atoms with Crippen LogP contribution >= 0.6 is 0 Å². The van der Waals surface area contributed by atoms with Gasteiger partial charge in [-0.2, -0.15) is 0 Å². The minimum Gasteiger partial charge on any atom is -0.388 e. The molecule has 3 atom stereocenters.